The third-order valence-electron chi connectivity index (χ3n) is 10.5. The quantitative estimate of drug-likeness (QED) is 0.312. The molecule has 0 aliphatic heterocycles. The van der Waals surface area contributed by atoms with Gasteiger partial charge in [0.15, 0.2) is 5.78 Å². The first kappa shape index (κ1) is 21.0. The highest BCUT2D eigenvalue weighted by Gasteiger charge is 2.60. The lowest BCUT2D eigenvalue weighted by molar-refractivity contribution is -0.112. The fourth-order valence-electron chi connectivity index (χ4n) is 8.51. The summed E-state index contributed by atoms with van der Waals surface area (Å²) in [6.45, 7) is 12.1. The minimum atomic E-state index is -0.0501. The van der Waals surface area contributed by atoms with Crippen LogP contribution < -0.4 is 0 Å². The van der Waals surface area contributed by atoms with E-state index in [1.807, 2.05) is 6.08 Å². The summed E-state index contributed by atoms with van der Waals surface area (Å²) >= 11 is 0. The van der Waals surface area contributed by atoms with E-state index in [-0.39, 0.29) is 22.5 Å². The predicted molar refractivity (Wildman–Crippen MR) is 125 cm³/mol. The molecule has 2 heteroatoms. The van der Waals surface area contributed by atoms with E-state index in [4.69, 9.17) is 5.26 Å². The van der Waals surface area contributed by atoms with E-state index in [0.29, 0.717) is 11.0 Å². The lowest BCUT2D eigenvalue weighted by atomic mass is 9.40. The molecule has 0 radical (unpaired) electrons. The van der Waals surface area contributed by atoms with Gasteiger partial charge in [-0.05, 0) is 84.3 Å². The van der Waals surface area contributed by atoms with Gasteiger partial charge in [0, 0.05) is 23.0 Å². The number of hydrogen-bond acceptors (Lipinski definition) is 2. The Morgan fingerprint density at radius 1 is 1.03 bits per heavy atom. The van der Waals surface area contributed by atoms with Crippen LogP contribution in [0.15, 0.2) is 46.6 Å². The van der Waals surface area contributed by atoms with Crippen LogP contribution in [0.4, 0.5) is 0 Å². The largest absolute Gasteiger partial charge is 0.290 e. The molecule has 0 spiro atoms. The predicted octanol–water partition coefficient (Wildman–Crippen LogP) is 7.11. The first-order valence-electron chi connectivity index (χ1n) is 12.4. The van der Waals surface area contributed by atoms with Crippen molar-refractivity contribution >= 4 is 5.78 Å². The van der Waals surface area contributed by atoms with E-state index in [9.17, 15) is 4.79 Å². The lowest BCUT2D eigenvalue weighted by Crippen LogP contribution is -2.55. The normalized spacial score (nSPS) is 47.7. The Morgan fingerprint density at radius 2 is 1.81 bits per heavy atom. The van der Waals surface area contributed by atoms with E-state index >= 15 is 0 Å². The molecule has 0 heterocycles. The highest BCUT2D eigenvalue weighted by atomic mass is 16.1. The van der Waals surface area contributed by atoms with E-state index in [1.54, 1.807) is 5.57 Å². The standard InChI is InChI=1S/C29H37NO/c1-18-8-11-27(3)13-14-29(5)22(24(27)16-18)9-12-28(4)23-17-25(31)21(10-15-30)19(2)20(23)6-7-26(28)29/h6-7,10,17-19,22,24H,8-9,11-14,16H2,1-5H3/b21-10+. The van der Waals surface area contributed by atoms with Gasteiger partial charge in [-0.15, -0.1) is 0 Å². The fraction of sp³-hybridized carbons (Fsp3) is 0.655. The van der Waals surface area contributed by atoms with Crippen LogP contribution in [0.2, 0.25) is 0 Å². The summed E-state index contributed by atoms with van der Waals surface area (Å²) in [5, 5.41) is 9.15. The van der Waals surface area contributed by atoms with Gasteiger partial charge in [-0.1, -0.05) is 58.8 Å². The molecule has 5 aliphatic carbocycles. The van der Waals surface area contributed by atoms with Crippen LogP contribution in [0.25, 0.3) is 0 Å². The zero-order valence-electron chi connectivity index (χ0n) is 19.9. The highest BCUT2D eigenvalue weighted by Crippen LogP contribution is 2.69. The van der Waals surface area contributed by atoms with Crippen LogP contribution >= 0.6 is 0 Å². The second kappa shape index (κ2) is 6.81. The third-order valence-corrected chi connectivity index (χ3v) is 10.5. The summed E-state index contributed by atoms with van der Waals surface area (Å²) in [5.74, 6) is 2.48. The minimum absolute atomic E-state index is 0.00106. The van der Waals surface area contributed by atoms with Crippen molar-refractivity contribution in [2.45, 2.75) is 79.6 Å². The Hall–Kier alpha value is -1.88. The average molecular weight is 416 g/mol. The van der Waals surface area contributed by atoms with Crippen LogP contribution in [0.3, 0.4) is 0 Å². The van der Waals surface area contributed by atoms with Crippen molar-refractivity contribution < 1.29 is 4.79 Å². The minimum Gasteiger partial charge on any atom is -0.290 e. The van der Waals surface area contributed by atoms with Crippen LogP contribution in [-0.2, 0) is 4.79 Å². The second-order valence-corrected chi connectivity index (χ2v) is 12.1. The van der Waals surface area contributed by atoms with Gasteiger partial charge in [-0.25, -0.2) is 0 Å². The zero-order valence-corrected chi connectivity index (χ0v) is 19.9. The number of nitrogens with zero attached hydrogens (tertiary/aromatic N) is 1. The van der Waals surface area contributed by atoms with Crippen molar-refractivity contribution in [1.82, 2.24) is 0 Å². The van der Waals surface area contributed by atoms with E-state index in [1.165, 1.54) is 55.7 Å². The molecule has 3 saturated carbocycles. The number of ketones is 1. The highest BCUT2D eigenvalue weighted by molar-refractivity contribution is 6.08. The fourth-order valence-corrected chi connectivity index (χ4v) is 8.51. The van der Waals surface area contributed by atoms with Crippen molar-refractivity contribution in [2.24, 2.45) is 39.9 Å². The van der Waals surface area contributed by atoms with E-state index < -0.39 is 0 Å². The SMILES string of the molecule is CC1CCC2(C)CCC3(C)C4=CC=C5C(=CC(=O)/C(=C/C#N)C5C)C4(C)CCC3C2C1. The first-order chi connectivity index (χ1) is 14.6. The maximum Gasteiger partial charge on any atom is 0.183 e. The summed E-state index contributed by atoms with van der Waals surface area (Å²) in [4.78, 5) is 13.0. The van der Waals surface area contributed by atoms with Crippen molar-refractivity contribution in [3.05, 3.63) is 46.6 Å². The van der Waals surface area contributed by atoms with Gasteiger partial charge in [0.05, 0.1) is 6.07 Å². The van der Waals surface area contributed by atoms with Crippen molar-refractivity contribution in [1.29, 1.82) is 5.26 Å². The van der Waals surface area contributed by atoms with Gasteiger partial charge in [-0.3, -0.25) is 4.79 Å². The second-order valence-electron chi connectivity index (χ2n) is 12.1. The summed E-state index contributed by atoms with van der Waals surface area (Å²) < 4.78 is 0. The molecule has 7 atom stereocenters. The number of carbonyl (C=O) groups is 1. The Bertz CT molecular complexity index is 1000. The Morgan fingerprint density at radius 3 is 2.55 bits per heavy atom. The molecule has 0 bridgehead atoms. The number of hydrogen-bond donors (Lipinski definition) is 0. The maximum absolute atomic E-state index is 13.0. The molecule has 2 nitrogen and oxygen atoms in total. The van der Waals surface area contributed by atoms with Crippen molar-refractivity contribution in [3.63, 3.8) is 0 Å². The smallest absolute Gasteiger partial charge is 0.183 e. The maximum atomic E-state index is 13.0. The van der Waals surface area contributed by atoms with Crippen LogP contribution in [-0.4, -0.2) is 5.78 Å². The molecule has 0 amide bonds. The summed E-state index contributed by atoms with van der Waals surface area (Å²) in [6.07, 6.45) is 17.3. The molecule has 164 valence electrons. The number of nitriles is 1. The van der Waals surface area contributed by atoms with Gasteiger partial charge in [0.1, 0.15) is 0 Å². The Kier molecular flexibility index (Phi) is 4.61. The van der Waals surface area contributed by atoms with Gasteiger partial charge in [-0.2, -0.15) is 5.26 Å². The molecular weight excluding hydrogens is 378 g/mol. The molecule has 3 fully saturated rings. The molecule has 0 aromatic rings. The lowest BCUT2D eigenvalue weighted by Gasteiger charge is -2.64. The van der Waals surface area contributed by atoms with Crippen molar-refractivity contribution in [3.8, 4) is 6.07 Å². The molecule has 5 rings (SSSR count). The van der Waals surface area contributed by atoms with Crippen LogP contribution in [0, 0.1) is 51.2 Å². The zero-order chi connectivity index (χ0) is 22.2. The number of carbonyl (C=O) groups excluding carboxylic acids is 1. The Balaban J connectivity index is 1.60. The van der Waals surface area contributed by atoms with Gasteiger partial charge < -0.3 is 0 Å². The van der Waals surface area contributed by atoms with Gasteiger partial charge >= 0.3 is 0 Å². The average Bonchev–Trinajstić information content (AvgIpc) is 2.72. The van der Waals surface area contributed by atoms with Crippen molar-refractivity contribution in [2.75, 3.05) is 0 Å². The Labute approximate surface area is 188 Å². The monoisotopic (exact) mass is 415 g/mol. The van der Waals surface area contributed by atoms with Gasteiger partial charge in [0.2, 0.25) is 0 Å². The molecular formula is C29H37NO. The van der Waals surface area contributed by atoms with Crippen LogP contribution in [0.5, 0.6) is 0 Å². The molecule has 0 saturated heterocycles. The molecule has 31 heavy (non-hydrogen) atoms. The third kappa shape index (κ3) is 2.78. The molecule has 0 aromatic heterocycles. The summed E-state index contributed by atoms with van der Waals surface area (Å²) in [5.41, 5.74) is 5.41. The summed E-state index contributed by atoms with van der Waals surface area (Å²) in [6, 6.07) is 2.08. The molecule has 0 N–H and O–H groups in total. The molecule has 5 aliphatic rings. The van der Waals surface area contributed by atoms with E-state index in [0.717, 1.165) is 24.2 Å². The van der Waals surface area contributed by atoms with Crippen LogP contribution in [0.1, 0.15) is 79.6 Å². The topological polar surface area (TPSA) is 40.9 Å². The first-order valence-corrected chi connectivity index (χ1v) is 12.4. The van der Waals surface area contributed by atoms with Gasteiger partial charge in [0.25, 0.3) is 0 Å². The molecule has 0 aromatic carbocycles. The number of fused-ring (bicyclic) bond motifs is 7. The summed E-state index contributed by atoms with van der Waals surface area (Å²) in [7, 11) is 0. The molecule has 7 unspecified atom stereocenters. The van der Waals surface area contributed by atoms with E-state index in [2.05, 4.69) is 52.8 Å². The number of rotatable bonds is 0. The number of allylic oxidation sites excluding steroid dienone is 8.